The van der Waals surface area contributed by atoms with Crippen molar-refractivity contribution in [2.75, 3.05) is 25.0 Å². The van der Waals surface area contributed by atoms with Gasteiger partial charge in [0.1, 0.15) is 5.82 Å². The molecule has 3 N–H and O–H groups in total. The van der Waals surface area contributed by atoms with Crippen molar-refractivity contribution in [3.05, 3.63) is 59.5 Å². The minimum Gasteiger partial charge on any atom is -0.473 e. The second-order valence-corrected chi connectivity index (χ2v) is 7.28. The average Bonchev–Trinajstić information content (AvgIpc) is 3.24. The molecule has 33 heavy (non-hydrogen) atoms. The molecule has 2 aromatic heterocycles. The van der Waals surface area contributed by atoms with Gasteiger partial charge in [0.15, 0.2) is 0 Å². The van der Waals surface area contributed by atoms with E-state index in [2.05, 4.69) is 20.4 Å². The number of halogens is 2. The van der Waals surface area contributed by atoms with Crippen LogP contribution >= 0.6 is 11.6 Å². The first-order valence-corrected chi connectivity index (χ1v) is 9.78. The van der Waals surface area contributed by atoms with Gasteiger partial charge in [-0.2, -0.15) is 4.98 Å². The van der Waals surface area contributed by atoms with Gasteiger partial charge in [-0.25, -0.2) is 14.0 Å². The molecule has 0 atom stereocenters. The van der Waals surface area contributed by atoms with E-state index in [9.17, 15) is 9.18 Å². The van der Waals surface area contributed by atoms with Gasteiger partial charge >= 0.3 is 11.9 Å². The number of pyridine rings is 1. The Morgan fingerprint density at radius 1 is 1.21 bits per heavy atom. The van der Waals surface area contributed by atoms with E-state index in [0.717, 1.165) is 5.56 Å². The van der Waals surface area contributed by atoms with Gasteiger partial charge in [-0.1, -0.05) is 16.8 Å². The van der Waals surface area contributed by atoms with E-state index in [-0.39, 0.29) is 23.4 Å². The largest absolute Gasteiger partial charge is 0.473 e. The highest BCUT2D eigenvalue weighted by Crippen LogP contribution is 2.27. The van der Waals surface area contributed by atoms with E-state index in [1.165, 1.54) is 18.2 Å². The zero-order chi connectivity index (χ0) is 24.0. The monoisotopic (exact) mass is 477 g/mol. The van der Waals surface area contributed by atoms with Crippen molar-refractivity contribution >= 4 is 35.1 Å². The van der Waals surface area contributed by atoms with E-state index in [1.807, 2.05) is 17.0 Å². The molecular formula is C20H17ClFN5O6. The summed E-state index contributed by atoms with van der Waals surface area (Å²) in [7, 11) is 0. The van der Waals surface area contributed by atoms with Crippen LogP contribution in [0.4, 0.5) is 10.1 Å². The van der Waals surface area contributed by atoms with Crippen LogP contribution in [0.1, 0.15) is 11.8 Å². The lowest BCUT2D eigenvalue weighted by molar-refractivity contribution is -0.159. The Hall–Kier alpha value is -3.90. The molecule has 1 aliphatic rings. The quantitative estimate of drug-likeness (QED) is 0.464. The molecule has 0 aliphatic carbocycles. The maximum absolute atomic E-state index is 13.1. The summed E-state index contributed by atoms with van der Waals surface area (Å²) in [6, 6.07) is 7.74. The zero-order valence-electron chi connectivity index (χ0n) is 16.8. The highest BCUT2D eigenvalue weighted by atomic mass is 35.5. The number of anilines is 1. The van der Waals surface area contributed by atoms with Crippen molar-refractivity contribution in [3.63, 3.8) is 0 Å². The molecule has 172 valence electrons. The van der Waals surface area contributed by atoms with Gasteiger partial charge in [0.05, 0.1) is 17.5 Å². The SMILES string of the molecule is O=C(CN1CC(c2nc(-c3cccnc3)no2)C1)Nc1ccc(F)c(Cl)c1.O=C(O)C(=O)O. The predicted molar refractivity (Wildman–Crippen MR) is 112 cm³/mol. The van der Waals surface area contributed by atoms with Crippen molar-refractivity contribution in [3.8, 4) is 11.4 Å². The third-order valence-electron chi connectivity index (χ3n) is 4.42. The molecule has 1 saturated heterocycles. The number of hydrogen-bond acceptors (Lipinski definition) is 8. The number of benzene rings is 1. The van der Waals surface area contributed by atoms with Gasteiger partial charge in [0.25, 0.3) is 0 Å². The number of carboxylic acids is 2. The lowest BCUT2D eigenvalue weighted by atomic mass is 10.0. The van der Waals surface area contributed by atoms with Crippen LogP contribution in [0.5, 0.6) is 0 Å². The van der Waals surface area contributed by atoms with Crippen molar-refractivity contribution in [2.45, 2.75) is 5.92 Å². The van der Waals surface area contributed by atoms with Gasteiger partial charge in [-0.05, 0) is 30.3 Å². The second kappa shape index (κ2) is 10.6. The molecular weight excluding hydrogens is 461 g/mol. The van der Waals surface area contributed by atoms with E-state index >= 15 is 0 Å². The zero-order valence-corrected chi connectivity index (χ0v) is 17.6. The highest BCUT2D eigenvalue weighted by molar-refractivity contribution is 6.31. The van der Waals surface area contributed by atoms with E-state index in [0.29, 0.717) is 30.5 Å². The number of nitrogens with one attached hydrogen (secondary N) is 1. The summed E-state index contributed by atoms with van der Waals surface area (Å²) < 4.78 is 18.5. The van der Waals surface area contributed by atoms with Crippen LogP contribution < -0.4 is 5.32 Å². The Kier molecular flexibility index (Phi) is 7.64. The Labute approximate surface area is 190 Å². The maximum Gasteiger partial charge on any atom is 0.414 e. The van der Waals surface area contributed by atoms with Crippen LogP contribution in [0.25, 0.3) is 11.4 Å². The first-order valence-electron chi connectivity index (χ1n) is 9.40. The Morgan fingerprint density at radius 2 is 1.94 bits per heavy atom. The van der Waals surface area contributed by atoms with Crippen molar-refractivity contribution in [1.29, 1.82) is 0 Å². The van der Waals surface area contributed by atoms with Gasteiger partial charge in [0.2, 0.25) is 17.6 Å². The topological polar surface area (TPSA) is 159 Å². The van der Waals surface area contributed by atoms with Crippen LogP contribution in [0.3, 0.4) is 0 Å². The number of aromatic nitrogens is 3. The molecule has 0 unspecified atom stereocenters. The number of amides is 1. The maximum atomic E-state index is 13.1. The fraction of sp³-hybridized carbons (Fsp3) is 0.200. The molecule has 1 aliphatic heterocycles. The van der Waals surface area contributed by atoms with Gasteiger partial charge in [-0.3, -0.25) is 14.7 Å². The normalized spacial score (nSPS) is 13.4. The summed E-state index contributed by atoms with van der Waals surface area (Å²) in [6.07, 6.45) is 3.35. The minimum absolute atomic E-state index is 0.0300. The first-order chi connectivity index (χ1) is 15.7. The molecule has 3 heterocycles. The first kappa shape index (κ1) is 23.8. The van der Waals surface area contributed by atoms with Crippen molar-refractivity contribution in [1.82, 2.24) is 20.0 Å². The number of likely N-dealkylation sites (tertiary alicyclic amines) is 1. The summed E-state index contributed by atoms with van der Waals surface area (Å²) in [5, 5.41) is 21.4. The van der Waals surface area contributed by atoms with E-state index in [4.69, 9.17) is 35.9 Å². The number of carboxylic acid groups (broad SMARTS) is 2. The molecule has 11 nitrogen and oxygen atoms in total. The molecule has 1 fully saturated rings. The van der Waals surface area contributed by atoms with Gasteiger partial charge in [0, 0.05) is 36.7 Å². The average molecular weight is 478 g/mol. The molecule has 0 saturated carbocycles. The van der Waals surface area contributed by atoms with Crippen LogP contribution in [-0.4, -0.2) is 67.7 Å². The number of hydrogen-bond donors (Lipinski definition) is 3. The predicted octanol–water partition coefficient (Wildman–Crippen LogP) is 2.12. The molecule has 0 spiro atoms. The molecule has 4 rings (SSSR count). The number of nitrogens with zero attached hydrogens (tertiary/aromatic N) is 4. The Bertz CT molecular complexity index is 1140. The number of carbonyl (C=O) groups excluding carboxylic acids is 1. The number of aliphatic carboxylic acids is 2. The lowest BCUT2D eigenvalue weighted by Gasteiger charge is -2.36. The summed E-state index contributed by atoms with van der Waals surface area (Å²) >= 11 is 5.71. The molecule has 0 radical (unpaired) electrons. The van der Waals surface area contributed by atoms with E-state index < -0.39 is 17.8 Å². The Morgan fingerprint density at radius 3 is 2.55 bits per heavy atom. The van der Waals surface area contributed by atoms with Crippen LogP contribution in [0, 0.1) is 5.82 Å². The smallest absolute Gasteiger partial charge is 0.414 e. The third-order valence-corrected chi connectivity index (χ3v) is 4.71. The van der Waals surface area contributed by atoms with Crippen molar-refractivity contribution in [2.24, 2.45) is 0 Å². The fourth-order valence-electron chi connectivity index (χ4n) is 2.85. The number of rotatable bonds is 5. The van der Waals surface area contributed by atoms with Gasteiger partial charge in [-0.15, -0.1) is 0 Å². The third kappa shape index (κ3) is 6.54. The summed E-state index contributed by atoms with van der Waals surface area (Å²) in [5.74, 6) is -3.22. The van der Waals surface area contributed by atoms with Crippen LogP contribution in [-0.2, 0) is 14.4 Å². The molecule has 1 aromatic carbocycles. The van der Waals surface area contributed by atoms with Crippen molar-refractivity contribution < 1.29 is 33.5 Å². The summed E-state index contributed by atoms with van der Waals surface area (Å²) in [4.78, 5) is 40.7. The minimum atomic E-state index is -1.82. The summed E-state index contributed by atoms with van der Waals surface area (Å²) in [6.45, 7) is 1.51. The Balaban J connectivity index is 0.000000454. The molecule has 3 aromatic rings. The summed E-state index contributed by atoms with van der Waals surface area (Å²) in [5.41, 5.74) is 1.25. The fourth-order valence-corrected chi connectivity index (χ4v) is 3.03. The lowest BCUT2D eigenvalue weighted by Crippen LogP contribution is -2.48. The highest BCUT2D eigenvalue weighted by Gasteiger charge is 2.33. The second-order valence-electron chi connectivity index (χ2n) is 6.88. The van der Waals surface area contributed by atoms with Crippen LogP contribution in [0.15, 0.2) is 47.2 Å². The van der Waals surface area contributed by atoms with E-state index in [1.54, 1.807) is 12.4 Å². The number of carbonyl (C=O) groups is 3. The molecule has 1 amide bonds. The van der Waals surface area contributed by atoms with Crippen LogP contribution in [0.2, 0.25) is 5.02 Å². The molecule has 13 heteroatoms. The standard InChI is InChI=1S/C18H15ClFN5O2.C2H2O4/c19-14-6-13(3-4-15(14)20)22-16(26)10-25-8-12(9-25)18-23-17(24-27-18)11-2-1-5-21-7-11;3-1(4)2(5)6/h1-7,12H,8-10H2,(H,22,26);(H,3,4)(H,5,6). The molecule has 0 bridgehead atoms. The van der Waals surface area contributed by atoms with Gasteiger partial charge < -0.3 is 20.1 Å².